The van der Waals surface area contributed by atoms with Crippen LogP contribution in [0, 0.1) is 0 Å². The lowest BCUT2D eigenvalue weighted by atomic mass is 9.89. The maximum Gasteiger partial charge on any atom is 0.329 e. The number of esters is 1. The van der Waals surface area contributed by atoms with Crippen LogP contribution in [-0.4, -0.2) is 25.0 Å². The lowest BCUT2D eigenvalue weighted by Crippen LogP contribution is -2.45. The van der Waals surface area contributed by atoms with E-state index in [1.807, 2.05) is 43.3 Å². The van der Waals surface area contributed by atoms with Gasteiger partial charge in [0, 0.05) is 11.5 Å². The highest BCUT2D eigenvalue weighted by Crippen LogP contribution is 2.24. The van der Waals surface area contributed by atoms with Crippen molar-refractivity contribution < 1.29 is 14.3 Å². The smallest absolute Gasteiger partial charge is 0.329 e. The third-order valence-corrected chi connectivity index (χ3v) is 3.85. The lowest BCUT2D eigenvalue weighted by Gasteiger charge is -2.25. The quantitative estimate of drug-likeness (QED) is 0.834. The van der Waals surface area contributed by atoms with Crippen LogP contribution in [0.5, 0.6) is 0 Å². The first-order chi connectivity index (χ1) is 11.2. The molecule has 0 fully saturated rings. The summed E-state index contributed by atoms with van der Waals surface area (Å²) >= 11 is 0. The van der Waals surface area contributed by atoms with E-state index in [-0.39, 0.29) is 11.8 Å². The minimum Gasteiger partial charge on any atom is -0.467 e. The third kappa shape index (κ3) is 4.19. The fourth-order valence-electron chi connectivity index (χ4n) is 2.63. The second-order valence-electron chi connectivity index (χ2n) is 5.27. The van der Waals surface area contributed by atoms with Crippen LogP contribution in [0.3, 0.4) is 0 Å². The highest BCUT2D eigenvalue weighted by molar-refractivity contribution is 5.97. The van der Waals surface area contributed by atoms with Gasteiger partial charge in [0.15, 0.2) is 0 Å². The van der Waals surface area contributed by atoms with Crippen molar-refractivity contribution in [2.24, 2.45) is 0 Å². The molecule has 4 heteroatoms. The standard InChI is InChI=1S/C19H21NO3/c1-3-16(14-10-6-4-7-11-14)17(19(22)23-2)20-18(21)15-12-8-5-9-13-15/h4-13,16-17H,3H2,1-2H3,(H,20,21)/t16-,17+/m1/s1. The van der Waals surface area contributed by atoms with Gasteiger partial charge in [-0.2, -0.15) is 0 Å². The molecule has 23 heavy (non-hydrogen) atoms. The summed E-state index contributed by atoms with van der Waals surface area (Å²) in [5.74, 6) is -0.864. The Bertz CT molecular complexity index is 640. The molecular formula is C19H21NO3. The van der Waals surface area contributed by atoms with E-state index in [9.17, 15) is 9.59 Å². The van der Waals surface area contributed by atoms with Crippen molar-refractivity contribution in [3.05, 3.63) is 71.8 Å². The van der Waals surface area contributed by atoms with Gasteiger partial charge in [-0.3, -0.25) is 4.79 Å². The van der Waals surface area contributed by atoms with Gasteiger partial charge >= 0.3 is 5.97 Å². The van der Waals surface area contributed by atoms with Crippen molar-refractivity contribution in [3.63, 3.8) is 0 Å². The Balaban J connectivity index is 2.26. The first-order valence-electron chi connectivity index (χ1n) is 7.66. The van der Waals surface area contributed by atoms with E-state index in [0.717, 1.165) is 5.56 Å². The van der Waals surface area contributed by atoms with Crippen LogP contribution in [0.1, 0.15) is 35.2 Å². The normalized spacial score (nSPS) is 13.0. The van der Waals surface area contributed by atoms with Gasteiger partial charge in [0.2, 0.25) is 0 Å². The summed E-state index contributed by atoms with van der Waals surface area (Å²) in [5.41, 5.74) is 1.52. The van der Waals surface area contributed by atoms with E-state index < -0.39 is 12.0 Å². The molecular weight excluding hydrogens is 290 g/mol. The summed E-state index contributed by atoms with van der Waals surface area (Å²) in [5, 5.41) is 2.82. The van der Waals surface area contributed by atoms with Crippen LogP contribution in [0.4, 0.5) is 0 Å². The molecule has 1 amide bonds. The van der Waals surface area contributed by atoms with E-state index in [0.29, 0.717) is 12.0 Å². The molecule has 2 aromatic carbocycles. The van der Waals surface area contributed by atoms with Crippen molar-refractivity contribution in [3.8, 4) is 0 Å². The number of carbonyl (C=O) groups is 2. The average molecular weight is 311 g/mol. The molecule has 0 saturated heterocycles. The van der Waals surface area contributed by atoms with E-state index >= 15 is 0 Å². The summed E-state index contributed by atoms with van der Waals surface area (Å²) in [6.07, 6.45) is 0.707. The van der Waals surface area contributed by atoms with Gasteiger partial charge in [-0.1, -0.05) is 55.5 Å². The fraction of sp³-hybridized carbons (Fsp3) is 0.263. The zero-order valence-corrected chi connectivity index (χ0v) is 13.4. The van der Waals surface area contributed by atoms with Crippen molar-refractivity contribution in [2.75, 3.05) is 7.11 Å². The molecule has 2 atom stereocenters. The molecule has 0 radical (unpaired) electrons. The summed E-state index contributed by atoms with van der Waals surface area (Å²) < 4.78 is 4.90. The number of rotatable bonds is 6. The SMILES string of the molecule is CC[C@H](c1ccccc1)[C@H](NC(=O)c1ccccc1)C(=O)OC. The highest BCUT2D eigenvalue weighted by Gasteiger charge is 2.31. The fourth-order valence-corrected chi connectivity index (χ4v) is 2.63. The van der Waals surface area contributed by atoms with Crippen molar-refractivity contribution >= 4 is 11.9 Å². The molecule has 2 aromatic rings. The Morgan fingerprint density at radius 2 is 1.57 bits per heavy atom. The van der Waals surface area contributed by atoms with Crippen LogP contribution in [0.25, 0.3) is 0 Å². The molecule has 2 rings (SSSR count). The number of methoxy groups -OCH3 is 1. The van der Waals surface area contributed by atoms with E-state index in [1.54, 1.807) is 24.3 Å². The molecule has 4 nitrogen and oxygen atoms in total. The van der Waals surface area contributed by atoms with Crippen LogP contribution in [0.15, 0.2) is 60.7 Å². The first kappa shape index (κ1) is 16.7. The molecule has 120 valence electrons. The zero-order valence-electron chi connectivity index (χ0n) is 13.4. The second-order valence-corrected chi connectivity index (χ2v) is 5.27. The third-order valence-electron chi connectivity index (χ3n) is 3.85. The molecule has 0 aliphatic carbocycles. The maximum absolute atomic E-state index is 12.4. The van der Waals surface area contributed by atoms with Gasteiger partial charge in [-0.05, 0) is 24.1 Å². The Hall–Kier alpha value is -2.62. The second kappa shape index (κ2) is 8.13. The number of hydrogen-bond donors (Lipinski definition) is 1. The topological polar surface area (TPSA) is 55.4 Å². The number of carbonyl (C=O) groups excluding carboxylic acids is 2. The predicted octanol–water partition coefficient (Wildman–Crippen LogP) is 3.15. The minimum atomic E-state index is -0.722. The van der Waals surface area contributed by atoms with Gasteiger partial charge in [-0.15, -0.1) is 0 Å². The lowest BCUT2D eigenvalue weighted by molar-refractivity contribution is -0.143. The molecule has 0 aliphatic heterocycles. The zero-order chi connectivity index (χ0) is 16.7. The summed E-state index contributed by atoms with van der Waals surface area (Å²) in [6.45, 7) is 1.99. The molecule has 1 N–H and O–H groups in total. The number of ether oxygens (including phenoxy) is 1. The molecule has 0 heterocycles. The molecule has 0 aromatic heterocycles. The summed E-state index contributed by atoms with van der Waals surface area (Å²) in [6, 6.07) is 17.8. The Morgan fingerprint density at radius 3 is 2.09 bits per heavy atom. The van der Waals surface area contributed by atoms with Crippen LogP contribution in [-0.2, 0) is 9.53 Å². The number of nitrogens with one attached hydrogen (secondary N) is 1. The molecule has 0 bridgehead atoms. The minimum absolute atomic E-state index is 0.142. The first-order valence-corrected chi connectivity index (χ1v) is 7.66. The van der Waals surface area contributed by atoms with E-state index in [1.165, 1.54) is 7.11 Å². The highest BCUT2D eigenvalue weighted by atomic mass is 16.5. The van der Waals surface area contributed by atoms with Gasteiger partial charge < -0.3 is 10.1 Å². The van der Waals surface area contributed by atoms with Crippen molar-refractivity contribution in [1.82, 2.24) is 5.32 Å². The maximum atomic E-state index is 12.4. The monoisotopic (exact) mass is 311 g/mol. The Morgan fingerprint density at radius 1 is 1.00 bits per heavy atom. The van der Waals surface area contributed by atoms with E-state index in [2.05, 4.69) is 5.32 Å². The molecule has 0 unspecified atom stereocenters. The summed E-state index contributed by atoms with van der Waals surface area (Å²) in [4.78, 5) is 24.6. The Labute approximate surface area is 136 Å². The Kier molecular flexibility index (Phi) is 5.92. The van der Waals surface area contributed by atoms with Gasteiger partial charge in [-0.25, -0.2) is 4.79 Å². The number of amides is 1. The predicted molar refractivity (Wildman–Crippen MR) is 89.2 cm³/mol. The van der Waals surface area contributed by atoms with Crippen molar-refractivity contribution in [1.29, 1.82) is 0 Å². The average Bonchev–Trinajstić information content (AvgIpc) is 2.62. The summed E-state index contributed by atoms with van der Waals surface area (Å²) in [7, 11) is 1.34. The van der Waals surface area contributed by atoms with Gasteiger partial charge in [0.05, 0.1) is 7.11 Å². The van der Waals surface area contributed by atoms with E-state index in [4.69, 9.17) is 4.74 Å². The van der Waals surface area contributed by atoms with Gasteiger partial charge in [0.1, 0.15) is 6.04 Å². The number of hydrogen-bond acceptors (Lipinski definition) is 3. The number of benzene rings is 2. The molecule has 0 aliphatic rings. The van der Waals surface area contributed by atoms with Gasteiger partial charge in [0.25, 0.3) is 5.91 Å². The van der Waals surface area contributed by atoms with Crippen LogP contribution in [0.2, 0.25) is 0 Å². The van der Waals surface area contributed by atoms with Crippen molar-refractivity contribution in [2.45, 2.75) is 25.3 Å². The van der Waals surface area contributed by atoms with Crippen LogP contribution >= 0.6 is 0 Å². The van der Waals surface area contributed by atoms with Crippen LogP contribution < -0.4 is 5.32 Å². The molecule has 0 spiro atoms. The molecule has 0 saturated carbocycles. The largest absolute Gasteiger partial charge is 0.467 e.